The normalized spacial score (nSPS) is 15.3. The van der Waals surface area contributed by atoms with Crippen LogP contribution in [0.25, 0.3) is 0 Å². The monoisotopic (exact) mass is 428 g/mol. The van der Waals surface area contributed by atoms with Crippen LogP contribution < -0.4 is 4.74 Å². The van der Waals surface area contributed by atoms with Gasteiger partial charge in [-0.3, -0.25) is 0 Å². The van der Waals surface area contributed by atoms with E-state index in [1.54, 1.807) is 24.3 Å². The van der Waals surface area contributed by atoms with E-state index >= 15 is 0 Å². The van der Waals surface area contributed by atoms with Crippen molar-refractivity contribution in [2.24, 2.45) is 5.92 Å². The molecular weight excluding hydrogens is 404 g/mol. The van der Waals surface area contributed by atoms with Crippen molar-refractivity contribution in [2.45, 2.75) is 24.7 Å². The minimum Gasteiger partial charge on any atom is -0.490 e. The Balaban J connectivity index is 1.50. The lowest BCUT2D eigenvalue weighted by atomic mass is 10.0. The first-order valence-electron chi connectivity index (χ1n) is 9.80. The van der Waals surface area contributed by atoms with Crippen LogP contribution in [0.1, 0.15) is 35.7 Å². The first-order chi connectivity index (χ1) is 14.4. The predicted octanol–water partition coefficient (Wildman–Crippen LogP) is 3.21. The summed E-state index contributed by atoms with van der Waals surface area (Å²) in [6.45, 7) is 3.38. The molecule has 0 atom stereocenters. The van der Waals surface area contributed by atoms with Crippen LogP contribution in [0.2, 0.25) is 0 Å². The fourth-order valence-corrected chi connectivity index (χ4v) is 4.61. The second-order valence-corrected chi connectivity index (χ2v) is 9.17. The summed E-state index contributed by atoms with van der Waals surface area (Å²) in [5.74, 6) is 0.565. The van der Waals surface area contributed by atoms with Crippen LogP contribution in [0.4, 0.5) is 0 Å². The fraction of sp³-hybridized carbons (Fsp3) is 0.364. The molecule has 2 aromatic rings. The van der Waals surface area contributed by atoms with Crippen LogP contribution in [0.15, 0.2) is 53.4 Å². The van der Waals surface area contributed by atoms with Crippen molar-refractivity contribution in [2.75, 3.05) is 26.3 Å². The summed E-state index contributed by atoms with van der Waals surface area (Å²) >= 11 is 0. The molecule has 0 radical (unpaired) electrons. The number of ether oxygens (including phenoxy) is 2. The Morgan fingerprint density at radius 3 is 2.30 bits per heavy atom. The maximum absolute atomic E-state index is 12.7. The summed E-state index contributed by atoms with van der Waals surface area (Å²) in [5, 5.41) is 8.77. The number of sulfonamides is 1. The summed E-state index contributed by atoms with van der Waals surface area (Å²) in [6, 6.07) is 14.4. The van der Waals surface area contributed by atoms with E-state index in [1.807, 2.05) is 6.07 Å². The molecule has 0 unspecified atom stereocenters. The Morgan fingerprint density at radius 1 is 1.07 bits per heavy atom. The molecule has 7 nitrogen and oxygen atoms in total. The molecule has 1 saturated heterocycles. The molecule has 1 aliphatic heterocycles. The van der Waals surface area contributed by atoms with E-state index in [4.69, 9.17) is 14.7 Å². The van der Waals surface area contributed by atoms with Gasteiger partial charge in [-0.25, -0.2) is 13.2 Å². The van der Waals surface area contributed by atoms with Crippen molar-refractivity contribution in [3.8, 4) is 11.8 Å². The lowest BCUT2D eigenvalue weighted by Gasteiger charge is -2.29. The third-order valence-corrected chi connectivity index (χ3v) is 6.95. The lowest BCUT2D eigenvalue weighted by Crippen LogP contribution is -2.37. The molecular formula is C22H24N2O5S. The van der Waals surface area contributed by atoms with Crippen molar-refractivity contribution >= 4 is 16.0 Å². The van der Waals surface area contributed by atoms with Gasteiger partial charge in [-0.05, 0) is 67.3 Å². The number of carbonyl (C=O) groups is 1. The van der Waals surface area contributed by atoms with Crippen molar-refractivity contribution < 1.29 is 22.7 Å². The molecule has 2 aromatic carbocycles. The van der Waals surface area contributed by atoms with Gasteiger partial charge < -0.3 is 9.47 Å². The van der Waals surface area contributed by atoms with Crippen molar-refractivity contribution in [1.82, 2.24) is 4.31 Å². The largest absolute Gasteiger partial charge is 0.490 e. The molecule has 0 spiro atoms. The molecule has 0 N–H and O–H groups in total. The molecule has 158 valence electrons. The van der Waals surface area contributed by atoms with Crippen LogP contribution in [0.3, 0.4) is 0 Å². The Bertz CT molecular complexity index is 1000. The van der Waals surface area contributed by atoms with Gasteiger partial charge >= 0.3 is 5.97 Å². The number of hydrogen-bond acceptors (Lipinski definition) is 6. The minimum atomic E-state index is -3.54. The van der Waals surface area contributed by atoms with Crippen LogP contribution in [0.5, 0.6) is 5.75 Å². The summed E-state index contributed by atoms with van der Waals surface area (Å²) in [5.41, 5.74) is 0.814. The number of benzene rings is 2. The van der Waals surface area contributed by atoms with Gasteiger partial charge in [-0.15, -0.1) is 0 Å². The molecule has 0 bridgehead atoms. The Kier molecular flexibility index (Phi) is 7.08. The number of carbonyl (C=O) groups excluding carboxylic acids is 1. The number of nitrogens with zero attached hydrogens (tertiary/aromatic N) is 2. The first-order valence-corrected chi connectivity index (χ1v) is 11.2. The van der Waals surface area contributed by atoms with Gasteiger partial charge in [0.15, 0.2) is 0 Å². The zero-order valence-corrected chi connectivity index (χ0v) is 17.6. The van der Waals surface area contributed by atoms with Crippen LogP contribution >= 0.6 is 0 Å². The minimum absolute atomic E-state index is 0.0465. The highest BCUT2D eigenvalue weighted by Crippen LogP contribution is 2.23. The summed E-state index contributed by atoms with van der Waals surface area (Å²) in [4.78, 5) is 12.3. The zero-order valence-electron chi connectivity index (χ0n) is 16.8. The maximum atomic E-state index is 12.7. The Labute approximate surface area is 176 Å². The second-order valence-electron chi connectivity index (χ2n) is 7.23. The van der Waals surface area contributed by atoms with E-state index < -0.39 is 16.0 Å². The molecule has 1 fully saturated rings. The molecule has 30 heavy (non-hydrogen) atoms. The predicted molar refractivity (Wildman–Crippen MR) is 111 cm³/mol. The van der Waals surface area contributed by atoms with Gasteiger partial charge in [0.1, 0.15) is 19.0 Å². The zero-order chi connectivity index (χ0) is 21.6. The maximum Gasteiger partial charge on any atom is 0.338 e. The molecule has 8 heteroatoms. The van der Waals surface area contributed by atoms with E-state index in [2.05, 4.69) is 6.92 Å². The number of hydrogen-bond donors (Lipinski definition) is 0. The van der Waals surface area contributed by atoms with Crippen LogP contribution in [-0.2, 0) is 14.8 Å². The summed E-state index contributed by atoms with van der Waals surface area (Å²) < 4.78 is 37.6. The average Bonchev–Trinajstić information content (AvgIpc) is 2.77. The van der Waals surface area contributed by atoms with Gasteiger partial charge in [0, 0.05) is 13.1 Å². The number of piperidine rings is 1. The molecule has 0 aromatic heterocycles. The van der Waals surface area contributed by atoms with E-state index in [-0.39, 0.29) is 23.7 Å². The van der Waals surface area contributed by atoms with Crippen LogP contribution in [0, 0.1) is 17.2 Å². The highest BCUT2D eigenvalue weighted by atomic mass is 32.2. The number of rotatable bonds is 7. The topological polar surface area (TPSA) is 96.7 Å². The number of esters is 1. The smallest absolute Gasteiger partial charge is 0.338 e. The van der Waals surface area contributed by atoms with Gasteiger partial charge in [0.2, 0.25) is 10.0 Å². The Morgan fingerprint density at radius 2 is 1.70 bits per heavy atom. The second kappa shape index (κ2) is 9.74. The van der Waals surface area contributed by atoms with Gasteiger partial charge in [0.05, 0.1) is 22.1 Å². The van der Waals surface area contributed by atoms with Crippen molar-refractivity contribution in [3.05, 3.63) is 59.7 Å². The summed E-state index contributed by atoms with van der Waals surface area (Å²) in [7, 11) is -3.54. The first kappa shape index (κ1) is 21.8. The Hall–Kier alpha value is -2.89. The SMILES string of the molecule is CC1CCN(S(=O)(=O)c2ccc(C(=O)OCCOc3ccc(C#N)cc3)cc2)CC1. The highest BCUT2D eigenvalue weighted by molar-refractivity contribution is 7.89. The standard InChI is InChI=1S/C22H24N2O5S/c1-17-10-12-24(13-11-17)30(26,27)21-8-4-19(5-9-21)22(25)29-15-14-28-20-6-2-18(16-23)3-7-20/h2-9,17H,10-15H2,1H3. The number of nitriles is 1. The fourth-order valence-electron chi connectivity index (χ4n) is 3.14. The van der Waals surface area contributed by atoms with Gasteiger partial charge in [-0.2, -0.15) is 9.57 Å². The molecule has 1 aliphatic rings. The quantitative estimate of drug-likeness (QED) is 0.496. The molecule has 3 rings (SSSR count). The van der Waals surface area contributed by atoms with E-state index in [1.165, 1.54) is 28.6 Å². The molecule has 0 amide bonds. The third-order valence-electron chi connectivity index (χ3n) is 5.04. The van der Waals surface area contributed by atoms with Gasteiger partial charge in [0.25, 0.3) is 0 Å². The van der Waals surface area contributed by atoms with Crippen LogP contribution in [-0.4, -0.2) is 45.0 Å². The molecule has 0 saturated carbocycles. The molecule has 1 heterocycles. The highest BCUT2D eigenvalue weighted by Gasteiger charge is 2.28. The van der Waals surface area contributed by atoms with Crippen molar-refractivity contribution in [3.63, 3.8) is 0 Å². The molecule has 0 aliphatic carbocycles. The van der Waals surface area contributed by atoms with E-state index in [0.717, 1.165) is 12.8 Å². The third kappa shape index (κ3) is 5.38. The van der Waals surface area contributed by atoms with E-state index in [9.17, 15) is 13.2 Å². The lowest BCUT2D eigenvalue weighted by molar-refractivity contribution is 0.0450. The van der Waals surface area contributed by atoms with E-state index in [0.29, 0.717) is 30.3 Å². The average molecular weight is 429 g/mol. The van der Waals surface area contributed by atoms with Gasteiger partial charge in [-0.1, -0.05) is 6.92 Å². The summed E-state index contributed by atoms with van der Waals surface area (Å²) in [6.07, 6.45) is 1.71. The van der Waals surface area contributed by atoms with Crippen molar-refractivity contribution in [1.29, 1.82) is 5.26 Å².